The van der Waals surface area contributed by atoms with E-state index in [0.29, 0.717) is 12.5 Å². The Kier molecular flexibility index (Phi) is 2.92. The first kappa shape index (κ1) is 12.4. The number of nitrogens with two attached hydrogens (primary N) is 1. The molecule has 0 radical (unpaired) electrons. The molecule has 2 aliphatic rings. The fraction of sp³-hybridized carbons (Fsp3) is 0.500. The standard InChI is InChI=1S/C14H16F2N2O/c15-11-5-10(13(17)6-12(11)16)14(19)18(9-3-4-9)7-8-1-2-8/h5-6,8-9H,1-4,7,17H2. The van der Waals surface area contributed by atoms with Crippen molar-refractivity contribution in [2.45, 2.75) is 31.7 Å². The van der Waals surface area contributed by atoms with Gasteiger partial charge in [-0.2, -0.15) is 0 Å². The Labute approximate surface area is 110 Å². The van der Waals surface area contributed by atoms with E-state index in [9.17, 15) is 13.6 Å². The van der Waals surface area contributed by atoms with Crippen LogP contribution in [0, 0.1) is 17.6 Å². The Balaban J connectivity index is 1.86. The normalized spacial score (nSPS) is 18.4. The van der Waals surface area contributed by atoms with Gasteiger partial charge < -0.3 is 10.6 Å². The molecule has 0 atom stereocenters. The topological polar surface area (TPSA) is 46.3 Å². The Bertz CT molecular complexity index is 524. The lowest BCUT2D eigenvalue weighted by molar-refractivity contribution is 0.0735. The van der Waals surface area contributed by atoms with E-state index in [1.807, 2.05) is 0 Å². The molecule has 0 heterocycles. The maximum atomic E-state index is 13.3. The number of hydrogen-bond acceptors (Lipinski definition) is 2. The van der Waals surface area contributed by atoms with Crippen molar-refractivity contribution in [3.8, 4) is 0 Å². The highest BCUT2D eigenvalue weighted by molar-refractivity contribution is 5.99. The van der Waals surface area contributed by atoms with Gasteiger partial charge in [-0.05, 0) is 37.7 Å². The zero-order valence-corrected chi connectivity index (χ0v) is 10.5. The maximum absolute atomic E-state index is 13.3. The number of nitrogens with zero attached hydrogens (tertiary/aromatic N) is 1. The van der Waals surface area contributed by atoms with E-state index < -0.39 is 11.6 Å². The van der Waals surface area contributed by atoms with E-state index in [0.717, 1.165) is 37.8 Å². The fourth-order valence-electron chi connectivity index (χ4n) is 2.26. The van der Waals surface area contributed by atoms with Crippen LogP contribution in [0.2, 0.25) is 0 Å². The quantitative estimate of drug-likeness (QED) is 0.851. The molecule has 0 saturated heterocycles. The van der Waals surface area contributed by atoms with E-state index >= 15 is 0 Å². The molecule has 3 nitrogen and oxygen atoms in total. The molecule has 19 heavy (non-hydrogen) atoms. The van der Waals surface area contributed by atoms with Gasteiger partial charge in [0.25, 0.3) is 5.91 Å². The van der Waals surface area contributed by atoms with Gasteiger partial charge in [-0.1, -0.05) is 0 Å². The molecule has 2 aliphatic carbocycles. The number of carbonyl (C=O) groups excluding carboxylic acids is 1. The molecule has 5 heteroatoms. The molecular weight excluding hydrogens is 250 g/mol. The summed E-state index contributed by atoms with van der Waals surface area (Å²) in [5.41, 5.74) is 5.72. The lowest BCUT2D eigenvalue weighted by Crippen LogP contribution is -2.35. The first-order valence-corrected chi connectivity index (χ1v) is 6.61. The van der Waals surface area contributed by atoms with E-state index in [1.165, 1.54) is 0 Å². The summed E-state index contributed by atoms with van der Waals surface area (Å²) in [6.07, 6.45) is 4.26. The minimum absolute atomic E-state index is 0.00495. The fourth-order valence-corrected chi connectivity index (χ4v) is 2.26. The number of nitrogen functional groups attached to an aromatic ring is 1. The Morgan fingerprint density at radius 1 is 1.21 bits per heavy atom. The van der Waals surface area contributed by atoms with Crippen LogP contribution in [0.5, 0.6) is 0 Å². The molecular formula is C14H16F2N2O. The third kappa shape index (κ3) is 2.55. The number of benzene rings is 1. The summed E-state index contributed by atoms with van der Waals surface area (Å²) < 4.78 is 26.3. The molecule has 2 fully saturated rings. The van der Waals surface area contributed by atoms with Gasteiger partial charge >= 0.3 is 0 Å². The van der Waals surface area contributed by atoms with Crippen LogP contribution in [-0.4, -0.2) is 23.4 Å². The van der Waals surface area contributed by atoms with Crippen LogP contribution >= 0.6 is 0 Å². The van der Waals surface area contributed by atoms with Crippen molar-refractivity contribution in [2.75, 3.05) is 12.3 Å². The average molecular weight is 266 g/mol. The van der Waals surface area contributed by atoms with Crippen molar-refractivity contribution in [1.82, 2.24) is 4.90 Å². The van der Waals surface area contributed by atoms with E-state index in [1.54, 1.807) is 4.90 Å². The van der Waals surface area contributed by atoms with Crippen molar-refractivity contribution in [2.24, 2.45) is 5.92 Å². The largest absolute Gasteiger partial charge is 0.398 e. The van der Waals surface area contributed by atoms with Gasteiger partial charge in [0.15, 0.2) is 11.6 Å². The number of amides is 1. The molecule has 0 unspecified atom stereocenters. The van der Waals surface area contributed by atoms with Gasteiger partial charge in [0.05, 0.1) is 5.56 Å². The first-order valence-electron chi connectivity index (χ1n) is 6.61. The molecule has 0 aromatic heterocycles. The molecule has 1 aromatic rings. The van der Waals surface area contributed by atoms with Crippen LogP contribution in [0.1, 0.15) is 36.0 Å². The highest BCUT2D eigenvalue weighted by Gasteiger charge is 2.37. The first-order chi connectivity index (χ1) is 9.06. The molecule has 2 saturated carbocycles. The molecule has 102 valence electrons. The summed E-state index contributed by atoms with van der Waals surface area (Å²) in [4.78, 5) is 14.2. The van der Waals surface area contributed by atoms with E-state index in [-0.39, 0.29) is 23.2 Å². The minimum atomic E-state index is -1.03. The van der Waals surface area contributed by atoms with Crippen molar-refractivity contribution in [1.29, 1.82) is 0 Å². The SMILES string of the molecule is Nc1cc(F)c(F)cc1C(=O)N(CC1CC1)C1CC1. The third-order valence-electron chi connectivity index (χ3n) is 3.72. The highest BCUT2D eigenvalue weighted by Crippen LogP contribution is 2.36. The van der Waals surface area contributed by atoms with Crippen LogP contribution < -0.4 is 5.73 Å². The van der Waals surface area contributed by atoms with Crippen LogP contribution in [0.4, 0.5) is 14.5 Å². The predicted octanol–water partition coefficient (Wildman–Crippen LogP) is 2.56. The number of halogens is 2. The van der Waals surface area contributed by atoms with Gasteiger partial charge in [-0.15, -0.1) is 0 Å². The second kappa shape index (κ2) is 4.47. The smallest absolute Gasteiger partial charge is 0.256 e. The minimum Gasteiger partial charge on any atom is -0.398 e. The number of hydrogen-bond donors (Lipinski definition) is 1. The van der Waals surface area contributed by atoms with E-state index in [2.05, 4.69) is 0 Å². The summed E-state index contributed by atoms with van der Waals surface area (Å²) in [6.45, 7) is 0.710. The predicted molar refractivity (Wildman–Crippen MR) is 67.6 cm³/mol. The van der Waals surface area contributed by atoms with Crippen LogP contribution in [0.15, 0.2) is 12.1 Å². The number of rotatable bonds is 4. The highest BCUT2D eigenvalue weighted by atomic mass is 19.2. The average Bonchev–Trinajstić information content (AvgIpc) is 3.23. The van der Waals surface area contributed by atoms with Crippen molar-refractivity contribution < 1.29 is 13.6 Å². The Morgan fingerprint density at radius 3 is 2.42 bits per heavy atom. The lowest BCUT2D eigenvalue weighted by atomic mass is 10.1. The maximum Gasteiger partial charge on any atom is 0.256 e. The van der Waals surface area contributed by atoms with Gasteiger partial charge in [-0.3, -0.25) is 4.79 Å². The number of carbonyl (C=O) groups is 1. The summed E-state index contributed by atoms with van der Waals surface area (Å²) >= 11 is 0. The molecule has 0 aliphatic heterocycles. The van der Waals surface area contributed by atoms with Gasteiger partial charge in [-0.25, -0.2) is 8.78 Å². The molecule has 0 bridgehead atoms. The van der Waals surface area contributed by atoms with Crippen molar-refractivity contribution in [3.05, 3.63) is 29.3 Å². The number of anilines is 1. The molecule has 1 amide bonds. The second-order valence-electron chi connectivity index (χ2n) is 5.49. The van der Waals surface area contributed by atoms with Gasteiger partial charge in [0, 0.05) is 24.3 Å². The van der Waals surface area contributed by atoms with Crippen LogP contribution in [-0.2, 0) is 0 Å². The zero-order valence-electron chi connectivity index (χ0n) is 10.5. The molecule has 0 spiro atoms. The molecule has 1 aromatic carbocycles. The lowest BCUT2D eigenvalue weighted by Gasteiger charge is -2.23. The summed E-state index contributed by atoms with van der Waals surface area (Å²) in [6, 6.07) is 2.04. The van der Waals surface area contributed by atoms with Crippen molar-refractivity contribution in [3.63, 3.8) is 0 Å². The van der Waals surface area contributed by atoms with Crippen LogP contribution in [0.25, 0.3) is 0 Å². The molecule has 2 N–H and O–H groups in total. The van der Waals surface area contributed by atoms with E-state index in [4.69, 9.17) is 5.73 Å². The summed E-state index contributed by atoms with van der Waals surface area (Å²) in [5.74, 6) is -1.75. The second-order valence-corrected chi connectivity index (χ2v) is 5.49. The van der Waals surface area contributed by atoms with Crippen molar-refractivity contribution >= 4 is 11.6 Å². The Hall–Kier alpha value is -1.65. The molecule has 3 rings (SSSR count). The summed E-state index contributed by atoms with van der Waals surface area (Å²) in [5, 5.41) is 0. The van der Waals surface area contributed by atoms with Gasteiger partial charge in [0.1, 0.15) is 0 Å². The zero-order chi connectivity index (χ0) is 13.6. The van der Waals surface area contributed by atoms with Crippen LogP contribution in [0.3, 0.4) is 0 Å². The summed E-state index contributed by atoms with van der Waals surface area (Å²) in [7, 11) is 0. The monoisotopic (exact) mass is 266 g/mol. The third-order valence-corrected chi connectivity index (χ3v) is 3.72. The Morgan fingerprint density at radius 2 is 1.84 bits per heavy atom. The van der Waals surface area contributed by atoms with Gasteiger partial charge in [0.2, 0.25) is 0 Å².